The number of pyridine rings is 1. The maximum absolute atomic E-state index is 4.20. The summed E-state index contributed by atoms with van der Waals surface area (Å²) in [5.41, 5.74) is 2.85. The summed E-state index contributed by atoms with van der Waals surface area (Å²) < 4.78 is 0. The van der Waals surface area contributed by atoms with E-state index in [1.165, 1.54) is 28.4 Å². The Bertz CT molecular complexity index is 513. The fraction of sp³-hybridized carbons (Fsp3) is 0.400. The fourth-order valence-electron chi connectivity index (χ4n) is 2.44. The molecular weight excluding hydrogens is 272 g/mol. The molecule has 0 radical (unpaired) electrons. The van der Waals surface area contributed by atoms with Gasteiger partial charge >= 0.3 is 0 Å². The number of rotatable bonds is 4. The molecule has 3 heterocycles. The number of likely N-dealkylation sites (N-methyl/N-ethyl adjacent to an activating group) is 1. The molecule has 1 aliphatic rings. The Labute approximate surface area is 122 Å². The number of nitrogens with one attached hydrogen (secondary N) is 1. The first-order valence-corrected chi connectivity index (χ1v) is 8.59. The van der Waals surface area contributed by atoms with E-state index in [1.54, 1.807) is 10.4 Å². The number of aryl methyl sites for hydroxylation is 1. The number of hydrogen-bond donors (Lipinski definition) is 1. The topological polar surface area (TPSA) is 24.9 Å². The SMILES string of the molecule is CNC(Cc1cccnc1)c1cc2c(s1)CCSC2. The van der Waals surface area contributed by atoms with Crippen molar-refractivity contribution < 1.29 is 0 Å². The Morgan fingerprint density at radius 3 is 3.16 bits per heavy atom. The molecule has 2 aromatic heterocycles. The molecule has 0 fully saturated rings. The van der Waals surface area contributed by atoms with Crippen LogP contribution in [0.5, 0.6) is 0 Å². The van der Waals surface area contributed by atoms with Crippen molar-refractivity contribution in [3.05, 3.63) is 51.5 Å². The minimum atomic E-state index is 0.407. The monoisotopic (exact) mass is 290 g/mol. The zero-order chi connectivity index (χ0) is 13.1. The summed E-state index contributed by atoms with van der Waals surface area (Å²) in [6.45, 7) is 0. The van der Waals surface area contributed by atoms with E-state index in [9.17, 15) is 0 Å². The van der Waals surface area contributed by atoms with Gasteiger partial charge < -0.3 is 5.32 Å². The highest BCUT2D eigenvalue weighted by atomic mass is 32.2. The quantitative estimate of drug-likeness (QED) is 0.934. The van der Waals surface area contributed by atoms with Gasteiger partial charge in [-0.2, -0.15) is 11.8 Å². The lowest BCUT2D eigenvalue weighted by Crippen LogP contribution is -2.17. The summed E-state index contributed by atoms with van der Waals surface area (Å²) in [6, 6.07) is 6.98. The van der Waals surface area contributed by atoms with Crippen LogP contribution in [0.25, 0.3) is 0 Å². The maximum Gasteiger partial charge on any atom is 0.0454 e. The third-order valence-corrected chi connectivity index (χ3v) is 5.86. The lowest BCUT2D eigenvalue weighted by molar-refractivity contribution is 0.601. The van der Waals surface area contributed by atoms with Crippen LogP contribution in [0, 0.1) is 0 Å². The average Bonchev–Trinajstić information content (AvgIpc) is 2.89. The van der Waals surface area contributed by atoms with Crippen molar-refractivity contribution in [1.82, 2.24) is 10.3 Å². The number of nitrogens with zero attached hydrogens (tertiary/aromatic N) is 1. The molecule has 100 valence electrons. The van der Waals surface area contributed by atoms with Gasteiger partial charge in [0.25, 0.3) is 0 Å². The molecule has 1 aliphatic heterocycles. The van der Waals surface area contributed by atoms with Gasteiger partial charge in [-0.25, -0.2) is 0 Å². The van der Waals surface area contributed by atoms with Crippen molar-refractivity contribution in [1.29, 1.82) is 0 Å². The summed E-state index contributed by atoms with van der Waals surface area (Å²) >= 11 is 4.04. The lowest BCUT2D eigenvalue weighted by atomic mass is 10.1. The number of aromatic nitrogens is 1. The van der Waals surface area contributed by atoms with Crippen molar-refractivity contribution in [3.63, 3.8) is 0 Å². The van der Waals surface area contributed by atoms with Gasteiger partial charge in [0.1, 0.15) is 0 Å². The van der Waals surface area contributed by atoms with Crippen LogP contribution in [0.2, 0.25) is 0 Å². The van der Waals surface area contributed by atoms with Gasteiger partial charge in [0.05, 0.1) is 0 Å². The summed E-state index contributed by atoms with van der Waals surface area (Å²) in [4.78, 5) is 7.27. The molecule has 0 saturated heterocycles. The second-order valence-corrected chi connectivity index (χ2v) is 7.08. The predicted octanol–water partition coefficient (Wildman–Crippen LogP) is 3.44. The molecular formula is C15H18N2S2. The minimum absolute atomic E-state index is 0.407. The molecule has 0 amide bonds. The second kappa shape index (κ2) is 6.07. The van der Waals surface area contributed by atoms with Gasteiger partial charge in [0.2, 0.25) is 0 Å². The Morgan fingerprint density at radius 2 is 2.42 bits per heavy atom. The molecule has 0 aromatic carbocycles. The Kier molecular flexibility index (Phi) is 4.21. The van der Waals surface area contributed by atoms with Gasteiger partial charge in [-0.05, 0) is 48.9 Å². The third kappa shape index (κ3) is 3.02. The lowest BCUT2D eigenvalue weighted by Gasteiger charge is -2.14. The van der Waals surface area contributed by atoms with Gasteiger partial charge in [0.15, 0.2) is 0 Å². The van der Waals surface area contributed by atoms with Crippen molar-refractivity contribution >= 4 is 23.1 Å². The third-order valence-electron chi connectivity index (χ3n) is 3.50. The van der Waals surface area contributed by atoms with E-state index in [4.69, 9.17) is 0 Å². The Morgan fingerprint density at radius 1 is 1.47 bits per heavy atom. The highest BCUT2D eigenvalue weighted by Crippen LogP contribution is 2.35. The van der Waals surface area contributed by atoms with E-state index in [1.807, 2.05) is 29.8 Å². The van der Waals surface area contributed by atoms with Crippen LogP contribution in [0.3, 0.4) is 0 Å². The number of thiophene rings is 1. The largest absolute Gasteiger partial charge is 0.312 e. The molecule has 0 aliphatic carbocycles. The molecule has 3 rings (SSSR count). The zero-order valence-corrected chi connectivity index (χ0v) is 12.7. The molecule has 2 aromatic rings. The van der Waals surface area contributed by atoms with E-state index < -0.39 is 0 Å². The highest BCUT2D eigenvalue weighted by molar-refractivity contribution is 7.98. The fourth-order valence-corrected chi connectivity index (χ4v) is 4.93. The van der Waals surface area contributed by atoms with Crippen LogP contribution in [0.1, 0.15) is 26.9 Å². The van der Waals surface area contributed by atoms with E-state index in [-0.39, 0.29) is 0 Å². The summed E-state index contributed by atoms with van der Waals surface area (Å²) in [6.07, 6.45) is 6.05. The highest BCUT2D eigenvalue weighted by Gasteiger charge is 2.18. The van der Waals surface area contributed by atoms with E-state index in [0.29, 0.717) is 6.04 Å². The summed E-state index contributed by atoms with van der Waals surface area (Å²) in [7, 11) is 2.05. The molecule has 2 nitrogen and oxygen atoms in total. The van der Waals surface area contributed by atoms with Crippen LogP contribution in [-0.2, 0) is 18.6 Å². The Balaban J connectivity index is 1.80. The van der Waals surface area contributed by atoms with Gasteiger partial charge in [-0.1, -0.05) is 6.07 Å². The molecule has 0 spiro atoms. The van der Waals surface area contributed by atoms with Crippen LogP contribution in [0.4, 0.5) is 0 Å². The first-order chi connectivity index (χ1) is 9.36. The average molecular weight is 290 g/mol. The summed E-state index contributed by atoms with van der Waals surface area (Å²) in [5.74, 6) is 2.47. The van der Waals surface area contributed by atoms with Crippen molar-refractivity contribution in [2.24, 2.45) is 0 Å². The van der Waals surface area contributed by atoms with Crippen LogP contribution in [0.15, 0.2) is 30.6 Å². The minimum Gasteiger partial charge on any atom is -0.312 e. The van der Waals surface area contributed by atoms with E-state index >= 15 is 0 Å². The first-order valence-electron chi connectivity index (χ1n) is 6.62. The number of fused-ring (bicyclic) bond motifs is 1. The van der Waals surface area contributed by atoms with Gasteiger partial charge in [0, 0.05) is 33.9 Å². The molecule has 0 bridgehead atoms. The smallest absolute Gasteiger partial charge is 0.0454 e. The molecule has 19 heavy (non-hydrogen) atoms. The molecule has 1 atom stereocenters. The van der Waals surface area contributed by atoms with E-state index in [0.717, 1.165) is 6.42 Å². The number of hydrogen-bond acceptors (Lipinski definition) is 4. The van der Waals surface area contributed by atoms with Gasteiger partial charge in [-0.3, -0.25) is 4.98 Å². The van der Waals surface area contributed by atoms with Crippen molar-refractivity contribution in [2.45, 2.75) is 24.6 Å². The summed E-state index contributed by atoms with van der Waals surface area (Å²) in [5, 5.41) is 3.45. The normalized spacial score (nSPS) is 16.1. The van der Waals surface area contributed by atoms with Gasteiger partial charge in [-0.15, -0.1) is 11.3 Å². The van der Waals surface area contributed by atoms with Crippen molar-refractivity contribution in [2.75, 3.05) is 12.8 Å². The second-order valence-electron chi connectivity index (χ2n) is 4.81. The zero-order valence-electron chi connectivity index (χ0n) is 11.1. The standard InChI is InChI=1S/C15H18N2S2/c1-16-13(7-11-3-2-5-17-9-11)15-8-12-10-18-6-4-14(12)19-15/h2-3,5,8-9,13,16H,4,6-7,10H2,1H3. The van der Waals surface area contributed by atoms with E-state index in [2.05, 4.69) is 41.2 Å². The molecule has 1 N–H and O–H groups in total. The van der Waals surface area contributed by atoms with Crippen LogP contribution >= 0.6 is 23.1 Å². The molecule has 1 unspecified atom stereocenters. The molecule has 0 saturated carbocycles. The van der Waals surface area contributed by atoms with Crippen molar-refractivity contribution in [3.8, 4) is 0 Å². The predicted molar refractivity (Wildman–Crippen MR) is 83.9 cm³/mol. The first kappa shape index (κ1) is 13.2. The number of thioether (sulfide) groups is 1. The Hall–Kier alpha value is -0.840. The maximum atomic E-state index is 4.20. The molecule has 4 heteroatoms. The van der Waals surface area contributed by atoms with Crippen LogP contribution in [-0.4, -0.2) is 17.8 Å². The van der Waals surface area contributed by atoms with Crippen LogP contribution < -0.4 is 5.32 Å².